The molecule has 9 nitrogen and oxygen atoms in total. The third-order valence-electron chi connectivity index (χ3n) is 6.06. The summed E-state index contributed by atoms with van der Waals surface area (Å²) in [6, 6.07) is 12.9. The summed E-state index contributed by atoms with van der Waals surface area (Å²) in [5.41, 5.74) is 4.99. The summed E-state index contributed by atoms with van der Waals surface area (Å²) in [4.78, 5) is 23.8. The lowest BCUT2D eigenvalue weighted by Gasteiger charge is -2.27. The molecule has 4 aromatic rings. The van der Waals surface area contributed by atoms with E-state index in [-0.39, 0.29) is 0 Å². The quantitative estimate of drug-likeness (QED) is 0.347. The fourth-order valence-electron chi connectivity index (χ4n) is 4.15. The normalized spacial score (nSPS) is 16.7. The molecule has 0 spiro atoms. The van der Waals surface area contributed by atoms with Crippen molar-refractivity contribution in [3.05, 3.63) is 54.5 Å². The third kappa shape index (κ3) is 4.79. The first-order valence-electron chi connectivity index (χ1n) is 11.5. The molecule has 0 bridgehead atoms. The Bertz CT molecular complexity index is 1260. The van der Waals surface area contributed by atoms with E-state index in [2.05, 4.69) is 64.0 Å². The summed E-state index contributed by atoms with van der Waals surface area (Å²) in [6.45, 7) is 5.16. The zero-order valence-corrected chi connectivity index (χ0v) is 18.4. The van der Waals surface area contributed by atoms with Crippen molar-refractivity contribution in [2.24, 2.45) is 0 Å². The summed E-state index contributed by atoms with van der Waals surface area (Å²) in [5.74, 6) is 2.34. The Hall–Kier alpha value is -3.56. The van der Waals surface area contributed by atoms with Crippen LogP contribution in [0.5, 0.6) is 0 Å². The predicted octanol–water partition coefficient (Wildman–Crippen LogP) is 3.14. The molecule has 0 radical (unpaired) electrons. The molecule has 1 aliphatic heterocycles. The van der Waals surface area contributed by atoms with Crippen LogP contribution in [0.3, 0.4) is 0 Å². The Morgan fingerprint density at radius 3 is 2.76 bits per heavy atom. The van der Waals surface area contributed by atoms with Crippen molar-refractivity contribution in [2.45, 2.75) is 25.4 Å². The lowest BCUT2D eigenvalue weighted by Crippen LogP contribution is -2.42. The lowest BCUT2D eigenvalue weighted by atomic mass is 10.1. The number of aromatic amines is 1. The smallest absolute Gasteiger partial charge is 0.206 e. The standard InChI is InChI=1S/C24H27N9/c1-4-19-21(12-17(1)20-13-23(28-15-27-20)29-18-2-3-18)31-24(30-19)32-22-11-16(5-6-26-22)14-33-9-7-25-8-10-33/h1,4-6,11-13,15,18,25H,2-3,7-10,14H2,(H,27,28,29)(H2,26,30,31,32). The number of benzene rings is 1. The Balaban J connectivity index is 1.19. The van der Waals surface area contributed by atoms with E-state index in [4.69, 9.17) is 0 Å². The molecule has 0 unspecified atom stereocenters. The molecule has 0 amide bonds. The Kier molecular flexibility index (Phi) is 5.33. The van der Waals surface area contributed by atoms with Gasteiger partial charge in [-0.2, -0.15) is 0 Å². The minimum atomic E-state index is 0.556. The molecule has 4 N–H and O–H groups in total. The van der Waals surface area contributed by atoms with E-state index in [0.717, 1.165) is 66.7 Å². The number of H-pyrrole nitrogens is 1. The molecule has 9 heteroatoms. The molecule has 33 heavy (non-hydrogen) atoms. The molecule has 168 valence electrons. The fraction of sp³-hybridized carbons (Fsp3) is 0.333. The van der Waals surface area contributed by atoms with Crippen LogP contribution >= 0.6 is 0 Å². The van der Waals surface area contributed by atoms with E-state index in [1.54, 1.807) is 6.33 Å². The van der Waals surface area contributed by atoms with Crippen LogP contribution in [0.1, 0.15) is 18.4 Å². The molecular weight excluding hydrogens is 414 g/mol. The summed E-state index contributed by atoms with van der Waals surface area (Å²) in [6.07, 6.45) is 5.89. The maximum Gasteiger partial charge on any atom is 0.206 e. The minimum absolute atomic E-state index is 0.556. The monoisotopic (exact) mass is 441 g/mol. The summed E-state index contributed by atoms with van der Waals surface area (Å²) >= 11 is 0. The van der Waals surface area contributed by atoms with Gasteiger partial charge in [0.15, 0.2) is 0 Å². The van der Waals surface area contributed by atoms with Crippen LogP contribution in [-0.4, -0.2) is 62.0 Å². The molecule has 1 saturated heterocycles. The van der Waals surface area contributed by atoms with Crippen LogP contribution < -0.4 is 16.0 Å². The van der Waals surface area contributed by atoms with Crippen LogP contribution in [0, 0.1) is 0 Å². The molecule has 4 heterocycles. The van der Waals surface area contributed by atoms with Crippen LogP contribution in [0.2, 0.25) is 0 Å². The van der Waals surface area contributed by atoms with Crippen molar-refractivity contribution in [2.75, 3.05) is 36.8 Å². The van der Waals surface area contributed by atoms with Gasteiger partial charge in [-0.05, 0) is 42.7 Å². The number of nitrogens with zero attached hydrogens (tertiary/aromatic N) is 5. The number of nitrogens with one attached hydrogen (secondary N) is 4. The minimum Gasteiger partial charge on any atom is -0.367 e. The van der Waals surface area contributed by atoms with Gasteiger partial charge in [0.25, 0.3) is 0 Å². The number of hydrogen-bond donors (Lipinski definition) is 4. The number of rotatable bonds is 7. The topological polar surface area (TPSA) is 107 Å². The molecule has 0 atom stereocenters. The number of pyridine rings is 1. The molecule has 1 aliphatic carbocycles. The molecular formula is C24H27N9. The molecule has 3 aromatic heterocycles. The van der Waals surface area contributed by atoms with E-state index in [1.807, 2.05) is 24.4 Å². The summed E-state index contributed by atoms with van der Waals surface area (Å²) in [7, 11) is 0. The first-order chi connectivity index (χ1) is 16.3. The number of hydrogen-bond acceptors (Lipinski definition) is 8. The predicted molar refractivity (Wildman–Crippen MR) is 129 cm³/mol. The zero-order valence-electron chi connectivity index (χ0n) is 18.4. The average Bonchev–Trinajstić information content (AvgIpc) is 3.56. The van der Waals surface area contributed by atoms with E-state index >= 15 is 0 Å². The van der Waals surface area contributed by atoms with E-state index in [0.29, 0.717) is 12.0 Å². The highest BCUT2D eigenvalue weighted by Gasteiger charge is 2.21. The zero-order chi connectivity index (χ0) is 22.0. The molecule has 2 aliphatic rings. The van der Waals surface area contributed by atoms with Gasteiger partial charge in [-0.15, -0.1) is 0 Å². The van der Waals surface area contributed by atoms with E-state index in [1.165, 1.54) is 18.4 Å². The van der Waals surface area contributed by atoms with Crippen LogP contribution in [0.15, 0.2) is 48.9 Å². The Morgan fingerprint density at radius 2 is 1.88 bits per heavy atom. The van der Waals surface area contributed by atoms with Gasteiger partial charge in [0.1, 0.15) is 18.0 Å². The van der Waals surface area contributed by atoms with Crippen molar-refractivity contribution in [3.8, 4) is 11.3 Å². The fourth-order valence-corrected chi connectivity index (χ4v) is 4.15. The van der Waals surface area contributed by atoms with Crippen molar-refractivity contribution in [3.63, 3.8) is 0 Å². The Labute approximate surface area is 192 Å². The van der Waals surface area contributed by atoms with Crippen LogP contribution in [0.25, 0.3) is 22.3 Å². The maximum absolute atomic E-state index is 4.68. The molecule has 1 aromatic carbocycles. The highest BCUT2D eigenvalue weighted by molar-refractivity contribution is 5.83. The number of aromatic nitrogens is 5. The first kappa shape index (κ1) is 20.1. The highest BCUT2D eigenvalue weighted by atomic mass is 15.2. The SMILES string of the molecule is c1cc(CN2CCNCC2)cc(Nc2nc3ccc(-c4cc(NC5CC5)ncn4)cc3[nH]2)n1. The summed E-state index contributed by atoms with van der Waals surface area (Å²) < 4.78 is 0. The number of imidazole rings is 1. The van der Waals surface area contributed by atoms with Gasteiger partial charge < -0.3 is 20.9 Å². The van der Waals surface area contributed by atoms with Gasteiger partial charge in [-0.1, -0.05) is 6.07 Å². The molecule has 1 saturated carbocycles. The van der Waals surface area contributed by atoms with E-state index < -0.39 is 0 Å². The second kappa shape index (κ2) is 8.76. The second-order valence-corrected chi connectivity index (χ2v) is 8.72. The third-order valence-corrected chi connectivity index (χ3v) is 6.06. The van der Waals surface area contributed by atoms with Gasteiger partial charge in [0.2, 0.25) is 5.95 Å². The largest absolute Gasteiger partial charge is 0.367 e. The number of anilines is 3. The van der Waals surface area contributed by atoms with Gasteiger partial charge in [0.05, 0.1) is 16.7 Å². The molecule has 2 fully saturated rings. The van der Waals surface area contributed by atoms with Crippen molar-refractivity contribution < 1.29 is 0 Å². The Morgan fingerprint density at radius 1 is 0.970 bits per heavy atom. The van der Waals surface area contributed by atoms with Crippen molar-refractivity contribution >= 4 is 28.6 Å². The first-order valence-corrected chi connectivity index (χ1v) is 11.5. The highest BCUT2D eigenvalue weighted by Crippen LogP contribution is 2.27. The van der Waals surface area contributed by atoms with Gasteiger partial charge >= 0.3 is 0 Å². The van der Waals surface area contributed by atoms with Gasteiger partial charge in [-0.25, -0.2) is 19.9 Å². The maximum atomic E-state index is 4.68. The van der Waals surface area contributed by atoms with Crippen LogP contribution in [0.4, 0.5) is 17.6 Å². The molecule has 6 rings (SSSR count). The second-order valence-electron chi connectivity index (χ2n) is 8.72. The lowest BCUT2D eigenvalue weighted by molar-refractivity contribution is 0.233. The van der Waals surface area contributed by atoms with E-state index in [9.17, 15) is 0 Å². The summed E-state index contributed by atoms with van der Waals surface area (Å²) in [5, 5.41) is 10.1. The van der Waals surface area contributed by atoms with Gasteiger partial charge in [0, 0.05) is 56.6 Å². The van der Waals surface area contributed by atoms with Crippen molar-refractivity contribution in [1.29, 1.82) is 0 Å². The van der Waals surface area contributed by atoms with Gasteiger partial charge in [-0.3, -0.25) is 4.90 Å². The van der Waals surface area contributed by atoms with Crippen LogP contribution in [-0.2, 0) is 6.54 Å². The number of fused-ring (bicyclic) bond motifs is 1. The average molecular weight is 442 g/mol. The number of piperazine rings is 1. The van der Waals surface area contributed by atoms with Crippen molar-refractivity contribution in [1.82, 2.24) is 35.1 Å².